The molecule has 1 aromatic heterocycles. The first-order valence-corrected chi connectivity index (χ1v) is 9.67. The SMILES string of the molecule is Cc1nc(CN2CCN(CC(=O)Nc3cccc(Cl)c3C)CC2)cs1. The number of piperazine rings is 1. The van der Waals surface area contributed by atoms with Crippen molar-refractivity contribution in [2.75, 3.05) is 38.0 Å². The van der Waals surface area contributed by atoms with Crippen molar-refractivity contribution in [2.24, 2.45) is 0 Å². The first-order valence-electron chi connectivity index (χ1n) is 8.42. The van der Waals surface area contributed by atoms with Crippen molar-refractivity contribution in [3.8, 4) is 0 Å². The lowest BCUT2D eigenvalue weighted by Gasteiger charge is -2.33. The maximum atomic E-state index is 12.3. The highest BCUT2D eigenvalue weighted by Gasteiger charge is 2.20. The van der Waals surface area contributed by atoms with Gasteiger partial charge in [0.2, 0.25) is 5.91 Å². The molecule has 5 nitrogen and oxygen atoms in total. The average Bonchev–Trinajstić information content (AvgIpc) is 2.99. The molecule has 2 heterocycles. The molecule has 1 aliphatic rings. The number of nitrogens with zero attached hydrogens (tertiary/aromatic N) is 3. The standard InChI is InChI=1S/C18H23ClN4OS/c1-13-16(19)4-3-5-17(13)21-18(24)11-23-8-6-22(7-9-23)10-15-12-25-14(2)20-15/h3-5,12H,6-11H2,1-2H3,(H,21,24). The summed E-state index contributed by atoms with van der Waals surface area (Å²) in [5, 5.41) is 6.88. The number of halogens is 1. The van der Waals surface area contributed by atoms with E-state index in [1.807, 2.05) is 32.0 Å². The van der Waals surface area contributed by atoms with Crippen molar-refractivity contribution in [3.05, 3.63) is 44.9 Å². The summed E-state index contributed by atoms with van der Waals surface area (Å²) in [6.07, 6.45) is 0. The molecule has 0 bridgehead atoms. The van der Waals surface area contributed by atoms with Crippen molar-refractivity contribution in [2.45, 2.75) is 20.4 Å². The highest BCUT2D eigenvalue weighted by atomic mass is 35.5. The number of aromatic nitrogens is 1. The largest absolute Gasteiger partial charge is 0.325 e. The molecule has 0 spiro atoms. The summed E-state index contributed by atoms with van der Waals surface area (Å²) >= 11 is 7.80. The van der Waals surface area contributed by atoms with Crippen LogP contribution in [0.15, 0.2) is 23.6 Å². The van der Waals surface area contributed by atoms with Gasteiger partial charge in [0.25, 0.3) is 0 Å². The first kappa shape index (κ1) is 18.3. The third-order valence-corrected chi connectivity index (χ3v) is 5.66. The van der Waals surface area contributed by atoms with Gasteiger partial charge in [0.1, 0.15) is 0 Å². The Hall–Kier alpha value is -1.47. The molecule has 1 aromatic carbocycles. The van der Waals surface area contributed by atoms with Crippen molar-refractivity contribution in [1.29, 1.82) is 0 Å². The summed E-state index contributed by atoms with van der Waals surface area (Å²) in [4.78, 5) is 21.4. The number of thiazole rings is 1. The average molecular weight is 379 g/mol. The fraction of sp³-hybridized carbons (Fsp3) is 0.444. The summed E-state index contributed by atoms with van der Waals surface area (Å²) in [7, 11) is 0. The van der Waals surface area contributed by atoms with Gasteiger partial charge < -0.3 is 5.32 Å². The van der Waals surface area contributed by atoms with E-state index in [1.54, 1.807) is 11.3 Å². The van der Waals surface area contributed by atoms with Crippen LogP contribution >= 0.6 is 22.9 Å². The molecule has 2 aromatic rings. The van der Waals surface area contributed by atoms with Gasteiger partial charge in [-0.3, -0.25) is 14.6 Å². The van der Waals surface area contributed by atoms with E-state index in [2.05, 4.69) is 25.5 Å². The van der Waals surface area contributed by atoms with Gasteiger partial charge in [-0.15, -0.1) is 11.3 Å². The summed E-state index contributed by atoms with van der Waals surface area (Å²) in [6.45, 7) is 8.96. The monoisotopic (exact) mass is 378 g/mol. The lowest BCUT2D eigenvalue weighted by Crippen LogP contribution is -2.48. The molecule has 0 unspecified atom stereocenters. The van der Waals surface area contributed by atoms with Crippen LogP contribution in [-0.2, 0) is 11.3 Å². The number of amides is 1. The Morgan fingerprint density at radius 2 is 1.96 bits per heavy atom. The Bertz CT molecular complexity index is 740. The Labute approximate surface area is 157 Å². The summed E-state index contributed by atoms with van der Waals surface area (Å²) in [6, 6.07) is 5.56. The normalized spacial score (nSPS) is 16.1. The number of hydrogen-bond acceptors (Lipinski definition) is 5. The molecule has 1 aliphatic heterocycles. The van der Waals surface area contributed by atoms with Crippen LogP contribution in [0.25, 0.3) is 0 Å². The molecule has 1 fully saturated rings. The Kier molecular flexibility index (Phi) is 6.06. The van der Waals surface area contributed by atoms with Crippen molar-refractivity contribution < 1.29 is 4.79 Å². The fourth-order valence-corrected chi connectivity index (χ4v) is 3.73. The molecule has 1 N–H and O–H groups in total. The second kappa shape index (κ2) is 8.27. The zero-order valence-electron chi connectivity index (χ0n) is 14.6. The van der Waals surface area contributed by atoms with Crippen LogP contribution in [0, 0.1) is 13.8 Å². The number of aryl methyl sites for hydroxylation is 1. The van der Waals surface area contributed by atoms with E-state index in [0.717, 1.165) is 54.7 Å². The number of hydrogen-bond donors (Lipinski definition) is 1. The van der Waals surface area contributed by atoms with E-state index in [1.165, 1.54) is 0 Å². The number of carbonyl (C=O) groups excluding carboxylic acids is 1. The topological polar surface area (TPSA) is 48.5 Å². The van der Waals surface area contributed by atoms with Crippen molar-refractivity contribution in [1.82, 2.24) is 14.8 Å². The minimum absolute atomic E-state index is 0.00828. The van der Waals surface area contributed by atoms with Gasteiger partial charge >= 0.3 is 0 Å². The Morgan fingerprint density at radius 1 is 1.24 bits per heavy atom. The van der Waals surface area contributed by atoms with E-state index < -0.39 is 0 Å². The maximum Gasteiger partial charge on any atom is 0.238 e. The zero-order chi connectivity index (χ0) is 17.8. The van der Waals surface area contributed by atoms with E-state index in [-0.39, 0.29) is 5.91 Å². The number of nitrogens with one attached hydrogen (secondary N) is 1. The molecule has 134 valence electrons. The second-order valence-electron chi connectivity index (χ2n) is 6.37. The molecular weight excluding hydrogens is 356 g/mol. The highest BCUT2D eigenvalue weighted by Crippen LogP contribution is 2.22. The summed E-state index contributed by atoms with van der Waals surface area (Å²) in [5.41, 5.74) is 2.83. The quantitative estimate of drug-likeness (QED) is 0.868. The van der Waals surface area contributed by atoms with E-state index in [4.69, 9.17) is 11.6 Å². The van der Waals surface area contributed by atoms with Gasteiger partial charge in [-0.05, 0) is 31.5 Å². The van der Waals surface area contributed by atoms with E-state index in [0.29, 0.717) is 11.6 Å². The van der Waals surface area contributed by atoms with Crippen LogP contribution in [-0.4, -0.2) is 53.4 Å². The van der Waals surface area contributed by atoms with Gasteiger partial charge in [-0.1, -0.05) is 17.7 Å². The molecule has 7 heteroatoms. The summed E-state index contributed by atoms with van der Waals surface area (Å²) < 4.78 is 0. The van der Waals surface area contributed by atoms with E-state index >= 15 is 0 Å². The van der Waals surface area contributed by atoms with Gasteiger partial charge in [0.05, 0.1) is 17.2 Å². The highest BCUT2D eigenvalue weighted by molar-refractivity contribution is 7.09. The van der Waals surface area contributed by atoms with Crippen LogP contribution in [0.4, 0.5) is 5.69 Å². The predicted octanol–water partition coefficient (Wildman–Crippen LogP) is 3.17. The van der Waals surface area contributed by atoms with Gasteiger partial charge in [0.15, 0.2) is 0 Å². The zero-order valence-corrected chi connectivity index (χ0v) is 16.2. The second-order valence-corrected chi connectivity index (χ2v) is 7.84. The molecule has 25 heavy (non-hydrogen) atoms. The van der Waals surface area contributed by atoms with E-state index in [9.17, 15) is 4.79 Å². The lowest BCUT2D eigenvalue weighted by atomic mass is 10.2. The Balaban J connectivity index is 1.45. The number of anilines is 1. The number of rotatable bonds is 5. The summed E-state index contributed by atoms with van der Waals surface area (Å²) in [5.74, 6) is 0.00828. The molecule has 1 amide bonds. The number of benzene rings is 1. The number of carbonyl (C=O) groups is 1. The molecule has 3 rings (SSSR count). The minimum Gasteiger partial charge on any atom is -0.325 e. The third kappa shape index (κ3) is 5.01. The fourth-order valence-electron chi connectivity index (χ4n) is 2.95. The third-order valence-electron chi connectivity index (χ3n) is 4.43. The molecule has 0 radical (unpaired) electrons. The van der Waals surface area contributed by atoms with Gasteiger partial charge in [-0.25, -0.2) is 4.98 Å². The first-order chi connectivity index (χ1) is 12.0. The minimum atomic E-state index is 0.00828. The molecule has 0 aliphatic carbocycles. The smallest absolute Gasteiger partial charge is 0.238 e. The van der Waals surface area contributed by atoms with Crippen molar-refractivity contribution in [3.63, 3.8) is 0 Å². The lowest BCUT2D eigenvalue weighted by molar-refractivity contribution is -0.117. The molecule has 1 saturated heterocycles. The van der Waals surface area contributed by atoms with Crippen LogP contribution in [0.1, 0.15) is 16.3 Å². The molecule has 0 atom stereocenters. The molecular formula is C18H23ClN4OS. The van der Waals surface area contributed by atoms with Crippen LogP contribution in [0.5, 0.6) is 0 Å². The van der Waals surface area contributed by atoms with Gasteiger partial charge in [-0.2, -0.15) is 0 Å². The van der Waals surface area contributed by atoms with Gasteiger partial charge in [0, 0.05) is 48.8 Å². The van der Waals surface area contributed by atoms with Crippen LogP contribution in [0.2, 0.25) is 5.02 Å². The maximum absolute atomic E-state index is 12.3. The van der Waals surface area contributed by atoms with Crippen LogP contribution in [0.3, 0.4) is 0 Å². The van der Waals surface area contributed by atoms with Crippen LogP contribution < -0.4 is 5.32 Å². The van der Waals surface area contributed by atoms with Crippen molar-refractivity contribution >= 4 is 34.5 Å². The Morgan fingerprint density at radius 3 is 2.64 bits per heavy atom. The molecule has 0 saturated carbocycles. The predicted molar refractivity (Wildman–Crippen MR) is 103 cm³/mol.